The number of amides is 1. The molecule has 0 saturated heterocycles. The van der Waals surface area contributed by atoms with Gasteiger partial charge in [-0.1, -0.05) is 36.4 Å². The number of hydrogen-bond donors (Lipinski definition) is 3. The molecule has 0 atom stereocenters. The highest BCUT2D eigenvalue weighted by Gasteiger charge is 2.17. The summed E-state index contributed by atoms with van der Waals surface area (Å²) in [5, 5.41) is 2.73. The Hall–Kier alpha value is -3.66. The van der Waals surface area contributed by atoms with Crippen LogP contribution in [0.2, 0.25) is 0 Å². The Morgan fingerprint density at radius 3 is 2.50 bits per heavy atom. The van der Waals surface area contributed by atoms with Gasteiger partial charge in [0.1, 0.15) is 18.1 Å². The minimum Gasteiger partial charge on any atom is -0.384 e. The van der Waals surface area contributed by atoms with Crippen LogP contribution in [-0.4, -0.2) is 23.9 Å². The number of nitrogen functional groups attached to an aromatic ring is 1. The maximum absolute atomic E-state index is 12.9. The third-order valence-electron chi connectivity index (χ3n) is 4.84. The third-order valence-corrected chi connectivity index (χ3v) is 6.07. The normalized spacial score (nSPS) is 11.2. The second-order valence-electron chi connectivity index (χ2n) is 7.41. The Kier molecular flexibility index (Phi) is 6.94. The number of hydrogen-bond acceptors (Lipinski definition) is 6. The first-order valence-electron chi connectivity index (χ1n) is 9.88. The molecule has 4 N–H and O–H groups in total. The van der Waals surface area contributed by atoms with Crippen molar-refractivity contribution in [3.05, 3.63) is 87.5 Å². The number of nitrogens with zero attached hydrogens (tertiary/aromatic N) is 2. The van der Waals surface area contributed by atoms with Crippen LogP contribution < -0.4 is 21.3 Å². The Morgan fingerprint density at radius 1 is 1.09 bits per heavy atom. The highest BCUT2D eigenvalue weighted by molar-refractivity contribution is 7.91. The summed E-state index contributed by atoms with van der Waals surface area (Å²) in [4.78, 5) is 29.4. The summed E-state index contributed by atoms with van der Waals surface area (Å²) in [6.07, 6.45) is 1.46. The Balaban J connectivity index is 1.71. The second-order valence-corrected chi connectivity index (χ2v) is 9.13. The molecule has 9 nitrogen and oxygen atoms in total. The van der Waals surface area contributed by atoms with Gasteiger partial charge in [0.15, 0.2) is 0 Å². The lowest BCUT2D eigenvalue weighted by Gasteiger charge is -2.13. The second kappa shape index (κ2) is 9.65. The number of benzene rings is 1. The van der Waals surface area contributed by atoms with Gasteiger partial charge in [-0.25, -0.2) is 13.4 Å². The molecule has 10 heteroatoms. The van der Waals surface area contributed by atoms with Crippen LogP contribution >= 0.6 is 0 Å². The van der Waals surface area contributed by atoms with Crippen LogP contribution in [0.1, 0.15) is 22.4 Å². The van der Waals surface area contributed by atoms with Gasteiger partial charge in [0.25, 0.3) is 5.56 Å². The maximum atomic E-state index is 12.9. The first-order valence-corrected chi connectivity index (χ1v) is 11.5. The van der Waals surface area contributed by atoms with E-state index in [0.29, 0.717) is 22.6 Å². The number of aryl methyl sites for hydroxylation is 2. The van der Waals surface area contributed by atoms with Gasteiger partial charge in [-0.15, -0.1) is 0 Å². The monoisotopic (exact) mass is 455 g/mol. The molecular formula is C22H25N5O4S. The first kappa shape index (κ1) is 23.0. The fourth-order valence-corrected chi connectivity index (χ4v) is 4.36. The van der Waals surface area contributed by atoms with Gasteiger partial charge >= 0.3 is 0 Å². The topological polar surface area (TPSA) is 136 Å². The fourth-order valence-electron chi connectivity index (χ4n) is 3.10. The van der Waals surface area contributed by atoms with Crippen molar-refractivity contribution in [2.75, 3.05) is 10.5 Å². The third kappa shape index (κ3) is 5.94. The van der Waals surface area contributed by atoms with E-state index in [1.54, 1.807) is 62.4 Å². The summed E-state index contributed by atoms with van der Waals surface area (Å²) in [5.74, 6) is -0.270. The van der Waals surface area contributed by atoms with E-state index in [1.165, 1.54) is 6.20 Å². The largest absolute Gasteiger partial charge is 0.384 e. The maximum Gasteiger partial charge on any atom is 0.275 e. The fraction of sp³-hybridized carbons (Fsp3) is 0.227. The lowest BCUT2D eigenvalue weighted by molar-refractivity contribution is -0.121. The molecule has 2 aromatic heterocycles. The number of pyridine rings is 2. The first-order chi connectivity index (χ1) is 15.1. The number of nitrogens with two attached hydrogens (primary N) is 1. The molecule has 3 rings (SSSR count). The minimum absolute atomic E-state index is 0.0742. The van der Waals surface area contributed by atoms with Crippen molar-refractivity contribution in [3.8, 4) is 0 Å². The molecule has 0 radical (unpaired) electrons. The zero-order valence-corrected chi connectivity index (χ0v) is 18.6. The van der Waals surface area contributed by atoms with Crippen molar-refractivity contribution >= 4 is 27.4 Å². The molecule has 0 unspecified atom stereocenters. The molecule has 3 aromatic rings. The minimum atomic E-state index is -3.81. The van der Waals surface area contributed by atoms with Crippen molar-refractivity contribution in [2.45, 2.75) is 32.7 Å². The van der Waals surface area contributed by atoms with E-state index in [2.05, 4.69) is 15.0 Å². The Morgan fingerprint density at radius 2 is 1.81 bits per heavy atom. The molecule has 0 spiro atoms. The number of sulfonamides is 1. The molecule has 1 amide bonds. The van der Waals surface area contributed by atoms with Crippen molar-refractivity contribution in [3.63, 3.8) is 0 Å². The van der Waals surface area contributed by atoms with Crippen LogP contribution in [0.15, 0.2) is 59.5 Å². The molecule has 0 aliphatic rings. The molecule has 0 aliphatic heterocycles. The van der Waals surface area contributed by atoms with Gasteiger partial charge in [0.05, 0.1) is 5.75 Å². The van der Waals surface area contributed by atoms with E-state index >= 15 is 0 Å². The zero-order chi connectivity index (χ0) is 23.3. The number of carbonyl (C=O) groups is 1. The average molecular weight is 456 g/mol. The molecular weight excluding hydrogens is 430 g/mol. The Labute approximate surface area is 186 Å². The predicted molar refractivity (Wildman–Crippen MR) is 123 cm³/mol. The van der Waals surface area contributed by atoms with E-state index in [9.17, 15) is 18.0 Å². The highest BCUT2D eigenvalue weighted by Crippen LogP contribution is 2.13. The summed E-state index contributed by atoms with van der Waals surface area (Å²) in [7, 11) is -3.81. The van der Waals surface area contributed by atoms with Crippen LogP contribution in [0.3, 0.4) is 0 Å². The molecule has 168 valence electrons. The summed E-state index contributed by atoms with van der Waals surface area (Å²) < 4.78 is 28.7. The molecule has 0 saturated carbocycles. The SMILES string of the molecule is Cc1ccn(CC(=O)NCc2ccc(N)nc2C)c(=O)c1NS(=O)(=O)Cc1ccccc1. The molecule has 0 aliphatic carbocycles. The van der Waals surface area contributed by atoms with Crippen molar-refractivity contribution in [2.24, 2.45) is 0 Å². The van der Waals surface area contributed by atoms with Crippen LogP contribution in [0.5, 0.6) is 0 Å². The van der Waals surface area contributed by atoms with Gasteiger partial charge in [-0.2, -0.15) is 0 Å². The van der Waals surface area contributed by atoms with E-state index in [-0.39, 0.29) is 24.5 Å². The number of nitrogens with one attached hydrogen (secondary N) is 2. The number of aromatic nitrogens is 2. The van der Waals surface area contributed by atoms with Gasteiger partial charge in [-0.3, -0.25) is 14.3 Å². The quantitative estimate of drug-likeness (QED) is 0.473. The van der Waals surface area contributed by atoms with E-state index < -0.39 is 21.5 Å². The number of anilines is 2. The summed E-state index contributed by atoms with van der Waals surface area (Å²) >= 11 is 0. The van der Waals surface area contributed by atoms with Crippen molar-refractivity contribution < 1.29 is 13.2 Å². The Bertz CT molecular complexity index is 1290. The summed E-state index contributed by atoms with van der Waals surface area (Å²) in [6.45, 7) is 3.39. The standard InChI is InChI=1S/C22H25N5O4S/c1-15-10-11-27(13-20(28)24-12-18-8-9-19(23)25-16(18)2)22(29)21(15)26-32(30,31)14-17-6-4-3-5-7-17/h3-11,26H,12-14H2,1-2H3,(H2,23,25)(H,24,28). The van der Waals surface area contributed by atoms with Crippen LogP contribution in [0.4, 0.5) is 11.5 Å². The number of rotatable bonds is 8. The molecule has 0 bridgehead atoms. The molecule has 1 aromatic carbocycles. The van der Waals surface area contributed by atoms with Crippen molar-refractivity contribution in [1.82, 2.24) is 14.9 Å². The summed E-state index contributed by atoms with van der Waals surface area (Å²) in [6, 6.07) is 13.7. The highest BCUT2D eigenvalue weighted by atomic mass is 32.2. The van der Waals surface area contributed by atoms with Gasteiger partial charge < -0.3 is 15.6 Å². The molecule has 32 heavy (non-hydrogen) atoms. The van der Waals surface area contributed by atoms with E-state index in [4.69, 9.17) is 5.73 Å². The lowest BCUT2D eigenvalue weighted by Crippen LogP contribution is -2.34. The molecule has 2 heterocycles. The van der Waals surface area contributed by atoms with Gasteiger partial charge in [0, 0.05) is 18.4 Å². The van der Waals surface area contributed by atoms with Crippen LogP contribution in [0.25, 0.3) is 0 Å². The van der Waals surface area contributed by atoms with E-state index in [1.807, 2.05) is 0 Å². The lowest BCUT2D eigenvalue weighted by atomic mass is 10.2. The predicted octanol–water partition coefficient (Wildman–Crippen LogP) is 1.70. The number of carbonyl (C=O) groups excluding carboxylic acids is 1. The zero-order valence-electron chi connectivity index (χ0n) is 17.8. The molecule has 0 fully saturated rings. The van der Waals surface area contributed by atoms with Gasteiger partial charge in [-0.05, 0) is 42.7 Å². The summed E-state index contributed by atoms with van der Waals surface area (Å²) in [5.41, 5.74) is 7.53. The smallest absolute Gasteiger partial charge is 0.275 e. The van der Waals surface area contributed by atoms with Gasteiger partial charge in [0.2, 0.25) is 15.9 Å². The van der Waals surface area contributed by atoms with Crippen molar-refractivity contribution in [1.29, 1.82) is 0 Å². The van der Waals surface area contributed by atoms with Crippen LogP contribution in [-0.2, 0) is 33.7 Å². The average Bonchev–Trinajstić information content (AvgIpc) is 2.73. The van der Waals surface area contributed by atoms with Crippen LogP contribution in [0, 0.1) is 13.8 Å². The van der Waals surface area contributed by atoms with E-state index in [0.717, 1.165) is 10.1 Å².